The maximum atomic E-state index is 13.2. The monoisotopic (exact) mass is 344 g/mol. The van der Waals surface area contributed by atoms with Crippen molar-refractivity contribution >= 4 is 29.2 Å². The lowest BCUT2D eigenvalue weighted by atomic mass is 10.0. The van der Waals surface area contributed by atoms with Crippen LogP contribution in [-0.2, 0) is 9.59 Å². The molecule has 1 fully saturated rings. The van der Waals surface area contributed by atoms with Crippen LogP contribution in [0.1, 0.15) is 23.4 Å². The summed E-state index contributed by atoms with van der Waals surface area (Å²) >= 11 is 1.55. The van der Waals surface area contributed by atoms with Gasteiger partial charge in [-0.2, -0.15) is 0 Å². The Hall–Kier alpha value is -2.47. The number of hydrogen-bond acceptors (Lipinski definition) is 3. The molecule has 6 heteroatoms. The van der Waals surface area contributed by atoms with Crippen LogP contribution in [0.25, 0.3) is 6.08 Å². The molecule has 0 spiro atoms. The molecule has 124 valence electrons. The van der Waals surface area contributed by atoms with Crippen molar-refractivity contribution in [2.45, 2.75) is 13.0 Å². The number of piperazine rings is 1. The lowest BCUT2D eigenvalue weighted by molar-refractivity contribution is -0.140. The van der Waals surface area contributed by atoms with Crippen molar-refractivity contribution in [1.82, 2.24) is 10.2 Å². The van der Waals surface area contributed by atoms with Gasteiger partial charge in [-0.1, -0.05) is 18.2 Å². The van der Waals surface area contributed by atoms with Crippen LogP contribution in [0.4, 0.5) is 4.39 Å². The van der Waals surface area contributed by atoms with E-state index in [1.54, 1.807) is 35.3 Å². The molecule has 3 rings (SSSR count). The summed E-state index contributed by atoms with van der Waals surface area (Å²) in [6.07, 6.45) is 1.82. The lowest BCUT2D eigenvalue weighted by Gasteiger charge is -2.35. The first kappa shape index (κ1) is 16.4. The molecule has 1 aliphatic heterocycles. The summed E-state index contributed by atoms with van der Waals surface area (Å²) < 4.78 is 13.2. The van der Waals surface area contributed by atoms with Gasteiger partial charge in [0.05, 0.1) is 0 Å². The van der Waals surface area contributed by atoms with Gasteiger partial charge in [-0.3, -0.25) is 9.59 Å². The number of amides is 2. The third-order valence-corrected chi connectivity index (χ3v) is 4.72. The maximum absolute atomic E-state index is 13.2. The molecule has 4 nitrogen and oxygen atoms in total. The van der Waals surface area contributed by atoms with Gasteiger partial charge in [-0.05, 0) is 42.1 Å². The molecular formula is C18H17FN2O2S. The van der Waals surface area contributed by atoms with E-state index >= 15 is 0 Å². The van der Waals surface area contributed by atoms with Crippen molar-refractivity contribution in [3.8, 4) is 0 Å². The van der Waals surface area contributed by atoms with E-state index < -0.39 is 6.04 Å². The molecular weight excluding hydrogens is 327 g/mol. The summed E-state index contributed by atoms with van der Waals surface area (Å²) in [6, 6.07) is 8.81. The van der Waals surface area contributed by atoms with Crippen LogP contribution < -0.4 is 5.32 Å². The molecule has 2 amide bonds. The molecule has 0 saturated carbocycles. The van der Waals surface area contributed by atoms with Crippen molar-refractivity contribution in [3.63, 3.8) is 0 Å². The summed E-state index contributed by atoms with van der Waals surface area (Å²) in [4.78, 5) is 27.7. The first-order valence-corrected chi connectivity index (χ1v) is 8.50. The average molecular weight is 344 g/mol. The number of nitrogens with one attached hydrogen (secondary N) is 1. The molecule has 0 bridgehead atoms. The fourth-order valence-corrected chi connectivity index (χ4v) is 3.45. The minimum atomic E-state index is -0.737. The van der Waals surface area contributed by atoms with Crippen LogP contribution in [0.5, 0.6) is 0 Å². The number of hydrogen-bond donors (Lipinski definition) is 1. The number of carbonyl (C=O) groups is 2. The Labute approximate surface area is 143 Å². The average Bonchev–Trinajstić information content (AvgIpc) is 3.08. The molecule has 1 N–H and O–H groups in total. The van der Waals surface area contributed by atoms with Crippen molar-refractivity contribution < 1.29 is 14.0 Å². The highest BCUT2D eigenvalue weighted by Gasteiger charge is 2.34. The van der Waals surface area contributed by atoms with Gasteiger partial charge in [0.25, 0.3) is 5.91 Å². The fourth-order valence-electron chi connectivity index (χ4n) is 2.74. The van der Waals surface area contributed by atoms with Crippen molar-refractivity contribution in [2.75, 3.05) is 13.1 Å². The summed E-state index contributed by atoms with van der Waals surface area (Å²) in [5.74, 6) is -0.806. The molecule has 0 aliphatic carbocycles. The summed E-state index contributed by atoms with van der Waals surface area (Å²) in [6.45, 7) is 2.58. The molecule has 1 unspecified atom stereocenters. The second kappa shape index (κ2) is 6.97. The summed E-state index contributed by atoms with van der Waals surface area (Å²) in [7, 11) is 0. The topological polar surface area (TPSA) is 49.4 Å². The van der Waals surface area contributed by atoms with E-state index in [4.69, 9.17) is 0 Å². The third kappa shape index (κ3) is 3.38. The fraction of sp³-hybridized carbons (Fsp3) is 0.222. The number of rotatable bonds is 3. The largest absolute Gasteiger partial charge is 0.352 e. The van der Waals surface area contributed by atoms with Gasteiger partial charge in [-0.15, -0.1) is 11.3 Å². The van der Waals surface area contributed by atoms with Crippen LogP contribution in [0, 0.1) is 5.82 Å². The molecule has 0 radical (unpaired) electrons. The van der Waals surface area contributed by atoms with Gasteiger partial charge in [-0.25, -0.2) is 4.39 Å². The predicted molar refractivity (Wildman–Crippen MR) is 91.8 cm³/mol. The zero-order chi connectivity index (χ0) is 17.1. The summed E-state index contributed by atoms with van der Waals surface area (Å²) in [5.41, 5.74) is 1.17. The number of nitrogens with zero attached hydrogens (tertiary/aromatic N) is 1. The van der Waals surface area contributed by atoms with E-state index in [0.29, 0.717) is 24.2 Å². The van der Waals surface area contributed by atoms with Crippen LogP contribution >= 0.6 is 11.3 Å². The highest BCUT2D eigenvalue weighted by Crippen LogP contribution is 2.26. The highest BCUT2D eigenvalue weighted by molar-refractivity contribution is 7.10. The minimum Gasteiger partial charge on any atom is -0.352 e. The minimum absolute atomic E-state index is 0.187. The zero-order valence-electron chi connectivity index (χ0n) is 13.2. The van der Waals surface area contributed by atoms with Crippen molar-refractivity contribution in [3.05, 3.63) is 63.6 Å². The van der Waals surface area contributed by atoms with Gasteiger partial charge in [0.2, 0.25) is 5.91 Å². The summed E-state index contributed by atoms with van der Waals surface area (Å²) in [5, 5.41) is 4.71. The Bertz CT molecular complexity index is 769. The van der Waals surface area contributed by atoms with E-state index in [1.165, 1.54) is 12.1 Å². The normalized spacial score (nSPS) is 18.4. The molecule has 1 saturated heterocycles. The maximum Gasteiger partial charge on any atom is 0.250 e. The highest BCUT2D eigenvalue weighted by atomic mass is 32.1. The van der Waals surface area contributed by atoms with Crippen LogP contribution in [0.2, 0.25) is 0 Å². The van der Waals surface area contributed by atoms with E-state index in [-0.39, 0.29) is 17.6 Å². The van der Waals surface area contributed by atoms with Gasteiger partial charge < -0.3 is 10.2 Å². The first-order valence-electron chi connectivity index (χ1n) is 7.62. The molecule has 24 heavy (non-hydrogen) atoms. The number of benzene rings is 1. The Morgan fingerprint density at radius 1 is 1.33 bits per heavy atom. The predicted octanol–water partition coefficient (Wildman–Crippen LogP) is 2.99. The Balaban J connectivity index is 1.90. The molecule has 1 atom stereocenters. The van der Waals surface area contributed by atoms with E-state index in [9.17, 15) is 14.0 Å². The van der Waals surface area contributed by atoms with Crippen LogP contribution in [0.15, 0.2) is 47.4 Å². The second-order valence-corrected chi connectivity index (χ2v) is 6.57. The van der Waals surface area contributed by atoms with E-state index in [2.05, 4.69) is 5.32 Å². The molecule has 2 aromatic rings. The second-order valence-electron chi connectivity index (χ2n) is 5.59. The molecule has 2 heterocycles. The molecule has 1 aliphatic rings. The van der Waals surface area contributed by atoms with Crippen LogP contribution in [-0.4, -0.2) is 29.8 Å². The number of carbonyl (C=O) groups excluding carboxylic acids is 2. The Morgan fingerprint density at radius 2 is 2.08 bits per heavy atom. The Kier molecular flexibility index (Phi) is 4.76. The lowest BCUT2D eigenvalue weighted by Crippen LogP contribution is -2.52. The SMILES string of the molecule is C/C(=C\c1cccs1)C(=O)N1CCNC(=O)C1c1ccc(F)cc1. The van der Waals surface area contributed by atoms with Gasteiger partial charge in [0, 0.05) is 23.5 Å². The standard InChI is InChI=1S/C18H17FN2O2S/c1-12(11-15-3-2-10-24-15)18(23)21-9-8-20-17(22)16(21)13-4-6-14(19)7-5-13/h2-7,10-11,16H,8-9H2,1H3,(H,20,22)/b12-11+. The van der Waals surface area contributed by atoms with E-state index in [0.717, 1.165) is 4.88 Å². The Morgan fingerprint density at radius 3 is 2.75 bits per heavy atom. The van der Waals surface area contributed by atoms with Gasteiger partial charge in [0.1, 0.15) is 11.9 Å². The third-order valence-electron chi connectivity index (χ3n) is 3.90. The molecule has 1 aromatic heterocycles. The zero-order valence-corrected chi connectivity index (χ0v) is 14.0. The van der Waals surface area contributed by atoms with E-state index in [1.807, 2.05) is 23.6 Å². The van der Waals surface area contributed by atoms with Crippen molar-refractivity contribution in [1.29, 1.82) is 0 Å². The quantitative estimate of drug-likeness (QED) is 0.870. The van der Waals surface area contributed by atoms with Gasteiger partial charge in [0.15, 0.2) is 0 Å². The van der Waals surface area contributed by atoms with Crippen LogP contribution in [0.3, 0.4) is 0 Å². The van der Waals surface area contributed by atoms with Gasteiger partial charge >= 0.3 is 0 Å². The molecule has 1 aromatic carbocycles. The number of halogens is 1. The van der Waals surface area contributed by atoms with Crippen molar-refractivity contribution in [2.24, 2.45) is 0 Å². The number of thiophene rings is 1. The smallest absolute Gasteiger partial charge is 0.250 e. The first-order chi connectivity index (χ1) is 11.6.